The molecule has 8 heteroatoms. The zero-order chi connectivity index (χ0) is 23.3. The third-order valence-corrected chi connectivity index (χ3v) is 6.85. The van der Waals surface area contributed by atoms with Crippen LogP contribution in [0.4, 0.5) is 11.4 Å². The van der Waals surface area contributed by atoms with Crippen LogP contribution >= 0.6 is 11.3 Å². The second-order valence-corrected chi connectivity index (χ2v) is 9.15. The van der Waals surface area contributed by atoms with Crippen molar-refractivity contribution in [1.82, 2.24) is 10.3 Å². The first kappa shape index (κ1) is 22.2. The monoisotopic (exact) mass is 474 g/mol. The zero-order valence-electron chi connectivity index (χ0n) is 19.0. The maximum Gasteiger partial charge on any atom is 0.265 e. The van der Waals surface area contributed by atoms with Crippen LogP contribution < -0.4 is 15.0 Å². The number of nitrogens with one attached hydrogen (secondary N) is 1. The zero-order valence-corrected chi connectivity index (χ0v) is 19.8. The van der Waals surface area contributed by atoms with Crippen molar-refractivity contribution >= 4 is 45.7 Å². The number of allylic oxidation sites excluding steroid dienone is 1. The number of fused-ring (bicyclic) bond motifs is 1. The van der Waals surface area contributed by atoms with E-state index in [1.165, 1.54) is 17.8 Å². The molecule has 2 aromatic carbocycles. The fourth-order valence-corrected chi connectivity index (χ4v) is 4.98. The van der Waals surface area contributed by atoms with Gasteiger partial charge in [0, 0.05) is 24.2 Å². The van der Waals surface area contributed by atoms with Crippen LogP contribution in [0, 0.1) is 0 Å². The number of para-hydroxylation sites is 1. The van der Waals surface area contributed by atoms with Crippen LogP contribution in [0.2, 0.25) is 0 Å². The number of piperidine rings is 1. The molecular weight excluding hydrogens is 448 g/mol. The third-order valence-electron chi connectivity index (χ3n) is 5.88. The summed E-state index contributed by atoms with van der Waals surface area (Å²) < 4.78 is 11.0. The number of thiophene rings is 1. The molecule has 5 rings (SSSR count). The van der Waals surface area contributed by atoms with E-state index in [0.29, 0.717) is 28.2 Å². The molecule has 0 bridgehead atoms. The second kappa shape index (κ2) is 10.1. The van der Waals surface area contributed by atoms with Crippen LogP contribution in [0.15, 0.2) is 58.5 Å². The van der Waals surface area contributed by atoms with Gasteiger partial charge in [-0.3, -0.25) is 4.79 Å². The quantitative estimate of drug-likeness (QED) is 0.347. The van der Waals surface area contributed by atoms with Crippen LogP contribution in [0.5, 0.6) is 5.75 Å². The summed E-state index contributed by atoms with van der Waals surface area (Å²) in [6.07, 6.45) is 7.57. The van der Waals surface area contributed by atoms with E-state index in [1.54, 1.807) is 0 Å². The van der Waals surface area contributed by atoms with Gasteiger partial charge in [0.15, 0.2) is 11.0 Å². The van der Waals surface area contributed by atoms with Crippen molar-refractivity contribution < 1.29 is 14.2 Å². The lowest BCUT2D eigenvalue weighted by Gasteiger charge is -2.28. The largest absolute Gasteiger partial charge is 0.488 e. The average Bonchev–Trinajstić information content (AvgIpc) is 3.55. The Morgan fingerprint density at radius 1 is 1.15 bits per heavy atom. The van der Waals surface area contributed by atoms with Gasteiger partial charge >= 0.3 is 0 Å². The lowest BCUT2D eigenvalue weighted by atomic mass is 10.1. The maximum absolute atomic E-state index is 13.0. The van der Waals surface area contributed by atoms with Gasteiger partial charge in [-0.25, -0.2) is 4.63 Å². The molecule has 1 fully saturated rings. The smallest absolute Gasteiger partial charge is 0.265 e. The molecule has 2 aromatic heterocycles. The van der Waals surface area contributed by atoms with Gasteiger partial charge in [0.1, 0.15) is 12.4 Å². The summed E-state index contributed by atoms with van der Waals surface area (Å²) >= 11 is 1.39. The fraction of sp³-hybridized carbons (Fsp3) is 0.269. The minimum Gasteiger partial charge on any atom is -0.488 e. The molecule has 0 atom stereocenters. The van der Waals surface area contributed by atoms with Crippen LogP contribution in [0.1, 0.15) is 47.0 Å². The Balaban J connectivity index is 1.28. The van der Waals surface area contributed by atoms with E-state index in [2.05, 4.69) is 20.5 Å². The predicted octanol–water partition coefficient (Wildman–Crippen LogP) is 6.14. The van der Waals surface area contributed by atoms with Gasteiger partial charge in [0.25, 0.3) is 5.91 Å². The molecule has 4 aromatic rings. The van der Waals surface area contributed by atoms with Crippen LogP contribution in [-0.2, 0) is 6.61 Å². The highest BCUT2D eigenvalue weighted by molar-refractivity contribution is 7.12. The Morgan fingerprint density at radius 2 is 1.97 bits per heavy atom. The molecule has 0 aliphatic carbocycles. The Morgan fingerprint density at radius 3 is 2.82 bits per heavy atom. The van der Waals surface area contributed by atoms with E-state index in [0.717, 1.165) is 48.5 Å². The maximum atomic E-state index is 13.0. The number of aromatic nitrogens is 2. The fourth-order valence-electron chi connectivity index (χ4n) is 4.19. The van der Waals surface area contributed by atoms with E-state index < -0.39 is 0 Å². The summed E-state index contributed by atoms with van der Waals surface area (Å²) in [5.41, 5.74) is 4.81. The van der Waals surface area contributed by atoms with Gasteiger partial charge < -0.3 is 15.0 Å². The highest BCUT2D eigenvalue weighted by Gasteiger charge is 2.20. The van der Waals surface area contributed by atoms with Crippen LogP contribution in [-0.4, -0.2) is 29.3 Å². The van der Waals surface area contributed by atoms with E-state index in [-0.39, 0.29) is 5.91 Å². The van der Waals surface area contributed by atoms with Crippen molar-refractivity contribution in [3.63, 3.8) is 0 Å². The number of carbonyl (C=O) groups excluding carboxylic acids is 1. The van der Waals surface area contributed by atoms with E-state index in [1.807, 2.05) is 66.9 Å². The number of nitrogens with zero attached hydrogens (tertiary/aromatic N) is 3. The molecule has 3 heterocycles. The number of rotatable bonds is 7. The summed E-state index contributed by atoms with van der Waals surface area (Å²) in [6.45, 7) is 4.35. The third kappa shape index (κ3) is 4.68. The molecule has 1 aliphatic rings. The summed E-state index contributed by atoms with van der Waals surface area (Å²) in [7, 11) is 0. The number of ether oxygens (including phenoxy) is 1. The minimum absolute atomic E-state index is 0.194. The molecule has 1 saturated heterocycles. The summed E-state index contributed by atoms with van der Waals surface area (Å²) in [5.74, 6) is 0.619. The number of carbonyl (C=O) groups is 1. The lowest BCUT2D eigenvalue weighted by Crippen LogP contribution is -2.29. The van der Waals surface area contributed by atoms with Gasteiger partial charge in [-0.1, -0.05) is 30.4 Å². The minimum atomic E-state index is -0.194. The number of hydrogen-bond donors (Lipinski definition) is 1. The summed E-state index contributed by atoms with van der Waals surface area (Å²) in [4.78, 5) is 15.9. The van der Waals surface area contributed by atoms with Crippen molar-refractivity contribution in [3.05, 3.63) is 69.9 Å². The first-order chi connectivity index (χ1) is 16.7. The molecule has 1 aliphatic heterocycles. The highest BCUT2D eigenvalue weighted by atomic mass is 32.1. The van der Waals surface area contributed by atoms with E-state index in [9.17, 15) is 4.79 Å². The van der Waals surface area contributed by atoms with Crippen molar-refractivity contribution in [2.24, 2.45) is 0 Å². The molecule has 0 saturated carbocycles. The number of benzene rings is 2. The Labute approximate surface area is 202 Å². The Bertz CT molecular complexity index is 1320. The normalized spacial score (nSPS) is 14.1. The summed E-state index contributed by atoms with van der Waals surface area (Å²) in [6, 6.07) is 13.6. The molecule has 0 spiro atoms. The van der Waals surface area contributed by atoms with Crippen LogP contribution in [0.25, 0.3) is 17.1 Å². The molecule has 34 heavy (non-hydrogen) atoms. The van der Waals surface area contributed by atoms with Crippen molar-refractivity contribution in [1.29, 1.82) is 0 Å². The number of anilines is 2. The van der Waals surface area contributed by atoms with Gasteiger partial charge in [-0.2, -0.15) is 0 Å². The second-order valence-electron chi connectivity index (χ2n) is 8.24. The molecule has 0 radical (unpaired) electrons. The topological polar surface area (TPSA) is 80.5 Å². The Kier molecular flexibility index (Phi) is 6.58. The first-order valence-corrected chi connectivity index (χ1v) is 12.3. The van der Waals surface area contributed by atoms with Crippen LogP contribution in [0.3, 0.4) is 0 Å². The lowest BCUT2D eigenvalue weighted by molar-refractivity contribution is 0.103. The number of hydrogen-bond acceptors (Lipinski definition) is 7. The van der Waals surface area contributed by atoms with Gasteiger partial charge in [0.05, 0.1) is 16.3 Å². The molecule has 1 amide bonds. The SMILES string of the molecule is C/C=C/c1ccccc1OCc1csc(C(=O)Nc2ccc(N3CCCCC3)c3nonc23)c1. The molecular formula is C26H26N4O3S. The first-order valence-electron chi connectivity index (χ1n) is 11.5. The average molecular weight is 475 g/mol. The van der Waals surface area contributed by atoms with E-state index in [4.69, 9.17) is 9.37 Å². The highest BCUT2D eigenvalue weighted by Crippen LogP contribution is 2.32. The summed E-state index contributed by atoms with van der Waals surface area (Å²) in [5, 5.41) is 13.1. The molecule has 174 valence electrons. The van der Waals surface area contributed by atoms with Gasteiger partial charge in [-0.15, -0.1) is 11.3 Å². The van der Waals surface area contributed by atoms with Crippen molar-refractivity contribution in [2.75, 3.05) is 23.3 Å². The van der Waals surface area contributed by atoms with Gasteiger partial charge in [0.2, 0.25) is 0 Å². The van der Waals surface area contributed by atoms with Crippen molar-refractivity contribution in [3.8, 4) is 5.75 Å². The molecule has 7 nitrogen and oxygen atoms in total. The predicted molar refractivity (Wildman–Crippen MR) is 136 cm³/mol. The van der Waals surface area contributed by atoms with E-state index >= 15 is 0 Å². The standard InChI is InChI=1S/C26H26N4O3S/c1-2-8-19-9-4-5-10-22(19)32-16-18-15-23(34-17-18)26(31)27-20-11-12-21(25-24(20)28-33-29-25)30-13-6-3-7-14-30/h2,4-5,8-12,15,17H,3,6-7,13-14,16H2,1H3,(H,27,31)/b8-2+. The number of amides is 1. The van der Waals surface area contributed by atoms with Gasteiger partial charge in [-0.05, 0) is 66.1 Å². The Hall–Kier alpha value is -3.65. The molecule has 1 N–H and O–H groups in total. The molecule has 0 unspecified atom stereocenters. The van der Waals surface area contributed by atoms with Crippen molar-refractivity contribution in [2.45, 2.75) is 32.8 Å².